The summed E-state index contributed by atoms with van der Waals surface area (Å²) in [6.45, 7) is 1.01. The van der Waals surface area contributed by atoms with Crippen molar-refractivity contribution in [3.8, 4) is 5.75 Å². The second kappa shape index (κ2) is 6.58. The Labute approximate surface area is 132 Å². The van der Waals surface area contributed by atoms with Gasteiger partial charge in [0.25, 0.3) is 0 Å². The van der Waals surface area contributed by atoms with E-state index in [9.17, 15) is 13.2 Å². The van der Waals surface area contributed by atoms with Crippen molar-refractivity contribution in [3.63, 3.8) is 0 Å². The second-order valence-electron chi connectivity index (χ2n) is 4.90. The van der Waals surface area contributed by atoms with Gasteiger partial charge in [-0.05, 0) is 23.8 Å². The predicted octanol–water partition coefficient (Wildman–Crippen LogP) is 4.20. The van der Waals surface area contributed by atoms with Crippen LogP contribution in [-0.4, -0.2) is 13.2 Å². The lowest BCUT2D eigenvalue weighted by molar-refractivity contribution is -0.137. The smallest absolute Gasteiger partial charge is 0.416 e. The number of fused-ring (bicyclic) bond motifs is 1. The SMILES string of the molecule is Cl.FC(F)(F)c1ccc2c(c1)C(c1ccccc1)NCCO2. The summed E-state index contributed by atoms with van der Waals surface area (Å²) in [5, 5.41) is 3.24. The normalized spacial score (nSPS) is 17.7. The molecule has 0 amide bonds. The molecule has 1 aliphatic rings. The predicted molar refractivity (Wildman–Crippen MR) is 80.5 cm³/mol. The molecule has 1 N–H and O–H groups in total. The molecule has 118 valence electrons. The van der Waals surface area contributed by atoms with Crippen molar-refractivity contribution < 1.29 is 17.9 Å². The molecule has 2 aromatic carbocycles. The average Bonchev–Trinajstić information content (AvgIpc) is 2.69. The summed E-state index contributed by atoms with van der Waals surface area (Å²) in [6.07, 6.45) is -4.36. The third-order valence-corrected chi connectivity index (χ3v) is 3.49. The van der Waals surface area contributed by atoms with Crippen molar-refractivity contribution >= 4 is 12.4 Å². The molecule has 0 saturated carbocycles. The van der Waals surface area contributed by atoms with Crippen LogP contribution in [0.3, 0.4) is 0 Å². The van der Waals surface area contributed by atoms with Crippen LogP contribution < -0.4 is 10.1 Å². The third-order valence-electron chi connectivity index (χ3n) is 3.49. The van der Waals surface area contributed by atoms with Gasteiger partial charge < -0.3 is 10.1 Å². The lowest BCUT2D eigenvalue weighted by Crippen LogP contribution is -2.24. The molecule has 0 bridgehead atoms. The number of nitrogens with one attached hydrogen (secondary N) is 1. The monoisotopic (exact) mass is 329 g/mol. The molecule has 0 fully saturated rings. The standard InChI is InChI=1S/C16H14F3NO.ClH/c17-16(18,19)12-6-7-14-13(10-12)15(20-8-9-21-14)11-4-2-1-3-5-11;/h1-7,10,15,20H,8-9H2;1H. The van der Waals surface area contributed by atoms with Crippen LogP contribution in [0.5, 0.6) is 5.75 Å². The van der Waals surface area contributed by atoms with Crippen molar-refractivity contribution in [1.29, 1.82) is 0 Å². The summed E-state index contributed by atoms with van der Waals surface area (Å²) in [7, 11) is 0. The molecule has 1 aliphatic heterocycles. The molecule has 1 unspecified atom stereocenters. The zero-order valence-corrected chi connectivity index (χ0v) is 12.4. The van der Waals surface area contributed by atoms with Crippen LogP contribution in [-0.2, 0) is 6.18 Å². The fourth-order valence-electron chi connectivity index (χ4n) is 2.50. The van der Waals surface area contributed by atoms with E-state index < -0.39 is 11.7 Å². The molecule has 0 saturated heterocycles. The first-order valence-corrected chi connectivity index (χ1v) is 6.68. The minimum absolute atomic E-state index is 0. The molecule has 0 aliphatic carbocycles. The summed E-state index contributed by atoms with van der Waals surface area (Å²) < 4.78 is 44.3. The summed E-state index contributed by atoms with van der Waals surface area (Å²) in [4.78, 5) is 0. The van der Waals surface area contributed by atoms with Gasteiger partial charge in [-0.3, -0.25) is 0 Å². The first-order valence-electron chi connectivity index (χ1n) is 6.68. The lowest BCUT2D eigenvalue weighted by Gasteiger charge is -2.19. The zero-order chi connectivity index (χ0) is 14.9. The molecule has 1 heterocycles. The van der Waals surface area contributed by atoms with E-state index >= 15 is 0 Å². The van der Waals surface area contributed by atoms with Gasteiger partial charge in [-0.2, -0.15) is 13.2 Å². The Hall–Kier alpha value is -1.72. The van der Waals surface area contributed by atoms with Crippen LogP contribution in [0.25, 0.3) is 0 Å². The maximum atomic E-state index is 12.9. The molecule has 22 heavy (non-hydrogen) atoms. The molecule has 2 aromatic rings. The second-order valence-corrected chi connectivity index (χ2v) is 4.90. The molecular formula is C16H15ClF3NO. The highest BCUT2D eigenvalue weighted by atomic mass is 35.5. The fraction of sp³-hybridized carbons (Fsp3) is 0.250. The quantitative estimate of drug-likeness (QED) is 0.846. The van der Waals surface area contributed by atoms with Crippen LogP contribution in [0.15, 0.2) is 48.5 Å². The van der Waals surface area contributed by atoms with Gasteiger partial charge in [0.05, 0.1) is 11.6 Å². The molecule has 0 spiro atoms. The van der Waals surface area contributed by atoms with Crippen molar-refractivity contribution in [2.24, 2.45) is 0 Å². The van der Waals surface area contributed by atoms with Crippen LogP contribution in [0.1, 0.15) is 22.7 Å². The van der Waals surface area contributed by atoms with E-state index in [1.165, 1.54) is 12.1 Å². The van der Waals surface area contributed by atoms with E-state index in [0.717, 1.165) is 11.6 Å². The van der Waals surface area contributed by atoms with Crippen molar-refractivity contribution in [2.45, 2.75) is 12.2 Å². The molecule has 0 aromatic heterocycles. The molecule has 1 atom stereocenters. The Morgan fingerprint density at radius 3 is 2.45 bits per heavy atom. The van der Waals surface area contributed by atoms with E-state index in [0.29, 0.717) is 24.5 Å². The van der Waals surface area contributed by atoms with Crippen molar-refractivity contribution in [2.75, 3.05) is 13.2 Å². The van der Waals surface area contributed by atoms with Gasteiger partial charge in [-0.1, -0.05) is 30.3 Å². The highest BCUT2D eigenvalue weighted by Gasteiger charge is 2.32. The maximum absolute atomic E-state index is 12.9. The van der Waals surface area contributed by atoms with Crippen molar-refractivity contribution in [1.82, 2.24) is 5.32 Å². The Morgan fingerprint density at radius 1 is 1.05 bits per heavy atom. The molecule has 2 nitrogen and oxygen atoms in total. The third kappa shape index (κ3) is 3.36. The van der Waals surface area contributed by atoms with Gasteiger partial charge in [0, 0.05) is 12.1 Å². The van der Waals surface area contributed by atoms with E-state index in [1.807, 2.05) is 30.3 Å². The van der Waals surface area contributed by atoms with Gasteiger partial charge in [0.15, 0.2) is 0 Å². The van der Waals surface area contributed by atoms with Gasteiger partial charge in [-0.25, -0.2) is 0 Å². The Bertz CT molecular complexity index is 631. The number of halogens is 4. The number of hydrogen-bond donors (Lipinski definition) is 1. The first-order chi connectivity index (χ1) is 10.1. The van der Waals surface area contributed by atoms with Crippen LogP contribution in [0.4, 0.5) is 13.2 Å². The van der Waals surface area contributed by atoms with E-state index in [-0.39, 0.29) is 18.4 Å². The van der Waals surface area contributed by atoms with Crippen LogP contribution >= 0.6 is 12.4 Å². The highest BCUT2D eigenvalue weighted by molar-refractivity contribution is 5.85. The summed E-state index contributed by atoms with van der Waals surface area (Å²) >= 11 is 0. The molecule has 3 rings (SSSR count). The van der Waals surface area contributed by atoms with Gasteiger partial charge in [-0.15, -0.1) is 12.4 Å². The summed E-state index contributed by atoms with van der Waals surface area (Å²) in [5.74, 6) is 0.502. The van der Waals surface area contributed by atoms with E-state index in [2.05, 4.69) is 5.32 Å². The lowest BCUT2D eigenvalue weighted by atomic mass is 9.96. The molecular weight excluding hydrogens is 315 g/mol. The van der Waals surface area contributed by atoms with Crippen molar-refractivity contribution in [3.05, 3.63) is 65.2 Å². The topological polar surface area (TPSA) is 21.3 Å². The molecule has 6 heteroatoms. The number of hydrogen-bond acceptors (Lipinski definition) is 2. The van der Waals surface area contributed by atoms with Gasteiger partial charge >= 0.3 is 6.18 Å². The number of benzene rings is 2. The Kier molecular flexibility index (Phi) is 4.98. The fourth-order valence-corrected chi connectivity index (χ4v) is 2.50. The maximum Gasteiger partial charge on any atom is 0.416 e. The number of rotatable bonds is 1. The Balaban J connectivity index is 0.00000176. The number of ether oxygens (including phenoxy) is 1. The first kappa shape index (κ1) is 16.6. The average molecular weight is 330 g/mol. The number of alkyl halides is 3. The minimum atomic E-state index is -4.36. The molecule has 0 radical (unpaired) electrons. The van der Waals surface area contributed by atoms with Crippen LogP contribution in [0.2, 0.25) is 0 Å². The van der Waals surface area contributed by atoms with E-state index in [1.54, 1.807) is 0 Å². The minimum Gasteiger partial charge on any atom is -0.492 e. The van der Waals surface area contributed by atoms with Gasteiger partial charge in [0.1, 0.15) is 12.4 Å². The highest BCUT2D eigenvalue weighted by Crippen LogP contribution is 2.37. The summed E-state index contributed by atoms with van der Waals surface area (Å²) in [5.41, 5.74) is 0.784. The van der Waals surface area contributed by atoms with Gasteiger partial charge in [0.2, 0.25) is 0 Å². The van der Waals surface area contributed by atoms with E-state index in [4.69, 9.17) is 4.74 Å². The summed E-state index contributed by atoms with van der Waals surface area (Å²) in [6, 6.07) is 12.8. The Morgan fingerprint density at radius 2 is 1.77 bits per heavy atom. The largest absolute Gasteiger partial charge is 0.492 e. The van der Waals surface area contributed by atoms with Crippen LogP contribution in [0, 0.1) is 0 Å². The zero-order valence-electron chi connectivity index (χ0n) is 11.6.